The van der Waals surface area contributed by atoms with Crippen LogP contribution in [0.2, 0.25) is 0 Å². The third-order valence-corrected chi connectivity index (χ3v) is 5.33. The number of nitrogens with zero attached hydrogens (tertiary/aromatic N) is 4. The Morgan fingerprint density at radius 3 is 2.71 bits per heavy atom. The number of hydrogen-bond donors (Lipinski definition) is 2. The zero-order valence-electron chi connectivity index (χ0n) is 18.0. The predicted octanol–water partition coefficient (Wildman–Crippen LogP) is 2.16. The summed E-state index contributed by atoms with van der Waals surface area (Å²) < 4.78 is 15.4. The Balaban J connectivity index is 1.51. The second-order valence-corrected chi connectivity index (χ2v) is 7.50. The summed E-state index contributed by atoms with van der Waals surface area (Å²) in [5.41, 5.74) is 9.10. The summed E-state index contributed by atoms with van der Waals surface area (Å²) in [4.78, 5) is 30.1. The largest absolute Gasteiger partial charge is 0.372 e. The number of primary amides is 1. The summed E-state index contributed by atoms with van der Waals surface area (Å²) in [6, 6.07) is 6.62. The van der Waals surface area contributed by atoms with Gasteiger partial charge in [0, 0.05) is 37.9 Å². The van der Waals surface area contributed by atoms with Crippen LogP contribution in [-0.2, 0) is 11.2 Å². The van der Waals surface area contributed by atoms with Crippen LogP contribution in [0, 0.1) is 19.7 Å². The highest BCUT2D eigenvalue weighted by Gasteiger charge is 2.17. The van der Waals surface area contributed by atoms with E-state index in [1.54, 1.807) is 22.7 Å². The van der Waals surface area contributed by atoms with Crippen molar-refractivity contribution in [2.45, 2.75) is 33.1 Å². The summed E-state index contributed by atoms with van der Waals surface area (Å²) in [7, 11) is 1.83. The molecule has 164 valence electrons. The lowest BCUT2D eigenvalue weighted by atomic mass is 10.1. The fourth-order valence-corrected chi connectivity index (χ4v) is 3.60. The van der Waals surface area contributed by atoms with Crippen molar-refractivity contribution in [2.24, 2.45) is 5.73 Å². The van der Waals surface area contributed by atoms with Crippen LogP contribution in [0.15, 0.2) is 30.5 Å². The number of hydrogen-bond acceptors (Lipinski definition) is 5. The molecular weight excluding hydrogens is 399 g/mol. The summed E-state index contributed by atoms with van der Waals surface area (Å²) >= 11 is 0. The summed E-state index contributed by atoms with van der Waals surface area (Å²) in [5, 5.41) is 7.10. The van der Waals surface area contributed by atoms with Crippen molar-refractivity contribution >= 4 is 23.1 Å². The van der Waals surface area contributed by atoms with Gasteiger partial charge in [0.25, 0.3) is 5.91 Å². The summed E-state index contributed by atoms with van der Waals surface area (Å²) in [5.74, 6) is -0.898. The topological polar surface area (TPSA) is 106 Å². The number of carbonyl (C=O) groups is 2. The van der Waals surface area contributed by atoms with E-state index in [9.17, 15) is 14.0 Å². The zero-order chi connectivity index (χ0) is 22.5. The number of aromatic nitrogens is 3. The summed E-state index contributed by atoms with van der Waals surface area (Å²) in [6.07, 6.45) is 2.92. The Morgan fingerprint density at radius 2 is 2.00 bits per heavy atom. The van der Waals surface area contributed by atoms with Gasteiger partial charge in [-0.1, -0.05) is 12.1 Å². The Hall–Kier alpha value is -3.49. The lowest BCUT2D eigenvalue weighted by Crippen LogP contribution is -2.28. The molecule has 1 aromatic carbocycles. The Kier molecular flexibility index (Phi) is 6.84. The number of anilines is 1. The minimum Gasteiger partial charge on any atom is -0.372 e. The van der Waals surface area contributed by atoms with Crippen LogP contribution in [0.1, 0.15) is 40.2 Å². The lowest BCUT2D eigenvalue weighted by Gasteiger charge is -2.19. The van der Waals surface area contributed by atoms with Crippen LogP contribution in [0.4, 0.5) is 10.1 Å². The van der Waals surface area contributed by atoms with E-state index in [1.807, 2.05) is 25.8 Å². The van der Waals surface area contributed by atoms with E-state index in [2.05, 4.69) is 15.4 Å². The number of halogens is 1. The maximum atomic E-state index is 13.8. The van der Waals surface area contributed by atoms with E-state index >= 15 is 0 Å². The number of nitrogens with two attached hydrogens (primary N) is 1. The van der Waals surface area contributed by atoms with E-state index in [0.29, 0.717) is 43.7 Å². The smallest absolute Gasteiger partial charge is 0.254 e. The first-order valence-electron chi connectivity index (χ1n) is 10.2. The van der Waals surface area contributed by atoms with Crippen molar-refractivity contribution in [1.29, 1.82) is 0 Å². The minimum absolute atomic E-state index is 0.0641. The quantitative estimate of drug-likeness (QED) is 0.510. The molecule has 0 spiro atoms. The maximum Gasteiger partial charge on any atom is 0.254 e. The molecule has 0 atom stereocenters. The second-order valence-electron chi connectivity index (χ2n) is 7.50. The van der Waals surface area contributed by atoms with Gasteiger partial charge >= 0.3 is 0 Å². The fourth-order valence-electron chi connectivity index (χ4n) is 3.60. The van der Waals surface area contributed by atoms with Gasteiger partial charge in [0.05, 0.1) is 11.9 Å². The lowest BCUT2D eigenvalue weighted by molar-refractivity contribution is -0.121. The van der Waals surface area contributed by atoms with Crippen molar-refractivity contribution in [1.82, 2.24) is 19.9 Å². The molecule has 3 N–H and O–H groups in total. The first-order chi connectivity index (χ1) is 14.8. The fraction of sp³-hybridized carbons (Fsp3) is 0.364. The molecule has 0 aliphatic heterocycles. The van der Waals surface area contributed by atoms with Crippen molar-refractivity contribution in [3.63, 3.8) is 0 Å². The molecule has 2 heterocycles. The number of benzene rings is 1. The first kappa shape index (κ1) is 22.2. The van der Waals surface area contributed by atoms with Crippen LogP contribution >= 0.6 is 0 Å². The van der Waals surface area contributed by atoms with E-state index in [0.717, 1.165) is 17.0 Å². The van der Waals surface area contributed by atoms with Crippen LogP contribution in [0.25, 0.3) is 5.65 Å². The highest BCUT2D eigenvalue weighted by Crippen LogP contribution is 2.19. The third kappa shape index (κ3) is 4.99. The van der Waals surface area contributed by atoms with Gasteiger partial charge < -0.3 is 16.0 Å². The third-order valence-electron chi connectivity index (χ3n) is 5.33. The molecule has 0 aliphatic carbocycles. The number of rotatable bonds is 9. The molecule has 0 unspecified atom stereocenters. The van der Waals surface area contributed by atoms with Crippen LogP contribution in [0.5, 0.6) is 0 Å². The average molecular weight is 426 g/mol. The van der Waals surface area contributed by atoms with E-state index < -0.39 is 5.91 Å². The van der Waals surface area contributed by atoms with Crippen molar-refractivity contribution in [2.75, 3.05) is 25.0 Å². The van der Waals surface area contributed by atoms with E-state index in [-0.39, 0.29) is 17.3 Å². The molecule has 9 heteroatoms. The van der Waals surface area contributed by atoms with Crippen LogP contribution < -0.4 is 16.0 Å². The molecule has 0 bridgehead atoms. The zero-order valence-corrected chi connectivity index (χ0v) is 18.0. The number of para-hydroxylation sites is 1. The van der Waals surface area contributed by atoms with Gasteiger partial charge in [-0.2, -0.15) is 5.10 Å². The monoisotopic (exact) mass is 426 g/mol. The van der Waals surface area contributed by atoms with Gasteiger partial charge in [-0.15, -0.1) is 0 Å². The summed E-state index contributed by atoms with van der Waals surface area (Å²) in [6.45, 7) is 4.86. The number of amides is 2. The van der Waals surface area contributed by atoms with Crippen LogP contribution in [0.3, 0.4) is 0 Å². The average Bonchev–Trinajstić information content (AvgIpc) is 3.15. The van der Waals surface area contributed by atoms with Gasteiger partial charge in [0.15, 0.2) is 5.65 Å². The molecule has 0 radical (unpaired) electrons. The minimum atomic E-state index is -0.575. The number of carbonyl (C=O) groups excluding carboxylic acids is 2. The predicted molar refractivity (Wildman–Crippen MR) is 117 cm³/mol. The van der Waals surface area contributed by atoms with Gasteiger partial charge in [-0.25, -0.2) is 13.9 Å². The van der Waals surface area contributed by atoms with Crippen LogP contribution in [-0.4, -0.2) is 46.5 Å². The van der Waals surface area contributed by atoms with Crippen molar-refractivity contribution in [3.05, 3.63) is 58.8 Å². The van der Waals surface area contributed by atoms with Gasteiger partial charge in [-0.3, -0.25) is 9.59 Å². The maximum absolute atomic E-state index is 13.8. The highest BCUT2D eigenvalue weighted by atomic mass is 19.1. The SMILES string of the molecule is Cc1nc2c(C(N)=O)cnn2c(C)c1CCC(=O)NCCCN(C)c1ccccc1F. The van der Waals surface area contributed by atoms with E-state index in [4.69, 9.17) is 5.73 Å². The Labute approximate surface area is 180 Å². The molecule has 3 rings (SSSR count). The van der Waals surface area contributed by atoms with Crippen molar-refractivity contribution < 1.29 is 14.0 Å². The van der Waals surface area contributed by atoms with Gasteiger partial charge in [0.1, 0.15) is 11.4 Å². The molecule has 2 aromatic heterocycles. The normalized spacial score (nSPS) is 11.0. The number of fused-ring (bicyclic) bond motifs is 1. The molecule has 0 fully saturated rings. The first-order valence-corrected chi connectivity index (χ1v) is 10.2. The van der Waals surface area contributed by atoms with Gasteiger partial charge in [0.2, 0.25) is 5.91 Å². The van der Waals surface area contributed by atoms with Crippen molar-refractivity contribution in [3.8, 4) is 0 Å². The Bertz CT molecular complexity index is 1110. The number of aryl methyl sites for hydroxylation is 2. The molecule has 0 saturated carbocycles. The molecule has 0 aliphatic rings. The number of nitrogens with one attached hydrogen (secondary N) is 1. The standard InChI is InChI=1S/C22H27FN6O2/c1-14-16(15(2)29-22(27-14)17(13-26-29)21(24)31)9-10-20(30)25-11-6-12-28(3)19-8-5-4-7-18(19)23/h4-5,7-8,13H,6,9-12H2,1-3H3,(H2,24,31)(H,25,30). The molecule has 0 saturated heterocycles. The molecule has 2 amide bonds. The Morgan fingerprint density at radius 1 is 1.26 bits per heavy atom. The second kappa shape index (κ2) is 9.55. The highest BCUT2D eigenvalue weighted by molar-refractivity contribution is 5.98. The molecule has 31 heavy (non-hydrogen) atoms. The molecule has 3 aromatic rings. The molecular formula is C22H27FN6O2. The molecule has 8 nitrogen and oxygen atoms in total. The van der Waals surface area contributed by atoms with Gasteiger partial charge in [-0.05, 0) is 44.4 Å². The van der Waals surface area contributed by atoms with E-state index in [1.165, 1.54) is 12.3 Å².